The first-order valence-corrected chi connectivity index (χ1v) is 4.68. The summed E-state index contributed by atoms with van der Waals surface area (Å²) in [6, 6.07) is 0. The minimum atomic E-state index is -1.93. The Hall–Kier alpha value is -0.240. The Labute approximate surface area is 68.3 Å². The van der Waals surface area contributed by atoms with E-state index in [1.54, 1.807) is 13.0 Å². The largest absolute Gasteiger partial charge is 0.697 e. The van der Waals surface area contributed by atoms with E-state index in [4.69, 9.17) is 9.05 Å². The van der Waals surface area contributed by atoms with Crippen LogP contribution in [0.1, 0.15) is 20.3 Å². The molecule has 0 heterocycles. The van der Waals surface area contributed by atoms with Gasteiger partial charge in [-0.15, -0.1) is 15.6 Å². The van der Waals surface area contributed by atoms with Crippen LogP contribution in [0.25, 0.3) is 0 Å². The molecular formula is C7H14O3P+. The van der Waals surface area contributed by atoms with Gasteiger partial charge in [-0.2, -0.15) is 0 Å². The zero-order valence-electron chi connectivity index (χ0n) is 6.95. The fraction of sp³-hybridized carbons (Fsp3) is 0.714. The van der Waals surface area contributed by atoms with Gasteiger partial charge in [0.05, 0.1) is 0 Å². The molecule has 4 heteroatoms. The molecule has 0 aromatic heterocycles. The highest BCUT2D eigenvalue weighted by atomic mass is 31.1. The van der Waals surface area contributed by atoms with Crippen molar-refractivity contribution in [2.24, 2.45) is 0 Å². The highest BCUT2D eigenvalue weighted by Gasteiger charge is 2.22. The summed E-state index contributed by atoms with van der Waals surface area (Å²) in [6.07, 6.45) is 2.33. The van der Waals surface area contributed by atoms with E-state index in [0.29, 0.717) is 13.0 Å². The van der Waals surface area contributed by atoms with E-state index in [1.165, 1.54) is 0 Å². The van der Waals surface area contributed by atoms with E-state index in [-0.39, 0.29) is 6.10 Å². The highest BCUT2D eigenvalue weighted by Crippen LogP contribution is 2.26. The summed E-state index contributed by atoms with van der Waals surface area (Å²) in [5.41, 5.74) is 0. The lowest BCUT2D eigenvalue weighted by molar-refractivity contribution is 0.182. The van der Waals surface area contributed by atoms with Crippen LogP contribution in [0, 0.1) is 0 Å². The van der Waals surface area contributed by atoms with Gasteiger partial charge in [0, 0.05) is 4.57 Å². The van der Waals surface area contributed by atoms with E-state index in [9.17, 15) is 4.57 Å². The van der Waals surface area contributed by atoms with Gasteiger partial charge in [-0.1, -0.05) is 6.08 Å². The summed E-state index contributed by atoms with van der Waals surface area (Å²) in [6.45, 7) is 7.55. The molecule has 0 bridgehead atoms. The Morgan fingerprint density at radius 2 is 2.36 bits per heavy atom. The van der Waals surface area contributed by atoms with Crippen molar-refractivity contribution in [2.75, 3.05) is 6.61 Å². The van der Waals surface area contributed by atoms with Gasteiger partial charge in [-0.05, 0) is 20.3 Å². The molecule has 64 valence electrons. The van der Waals surface area contributed by atoms with E-state index in [1.807, 2.05) is 6.92 Å². The van der Waals surface area contributed by atoms with Crippen molar-refractivity contribution in [2.45, 2.75) is 26.4 Å². The van der Waals surface area contributed by atoms with Crippen molar-refractivity contribution in [3.8, 4) is 0 Å². The third-order valence-corrected chi connectivity index (χ3v) is 2.00. The van der Waals surface area contributed by atoms with Gasteiger partial charge >= 0.3 is 8.25 Å². The number of hydrogen-bond donors (Lipinski definition) is 0. The number of hydrogen-bond acceptors (Lipinski definition) is 3. The van der Waals surface area contributed by atoms with Crippen LogP contribution in [0.15, 0.2) is 12.7 Å². The van der Waals surface area contributed by atoms with Crippen molar-refractivity contribution in [1.29, 1.82) is 0 Å². The van der Waals surface area contributed by atoms with Gasteiger partial charge in [0.1, 0.15) is 12.7 Å². The maximum atomic E-state index is 10.8. The first kappa shape index (κ1) is 10.8. The molecule has 0 radical (unpaired) electrons. The Balaban J connectivity index is 3.48. The smallest absolute Gasteiger partial charge is 0.119 e. The highest BCUT2D eigenvalue weighted by molar-refractivity contribution is 7.33. The van der Waals surface area contributed by atoms with Crippen LogP contribution in [0.2, 0.25) is 0 Å². The second-order valence-corrected chi connectivity index (χ2v) is 3.00. The SMILES string of the molecule is C=CCC(C)O[P+](=O)OCC. The lowest BCUT2D eigenvalue weighted by atomic mass is 10.3. The maximum Gasteiger partial charge on any atom is 0.697 e. The minimum absolute atomic E-state index is 0.0809. The normalized spacial score (nSPS) is 14.2. The Bertz CT molecular complexity index is 136. The predicted octanol–water partition coefficient (Wildman–Crippen LogP) is 2.66. The fourth-order valence-electron chi connectivity index (χ4n) is 0.561. The summed E-state index contributed by atoms with van der Waals surface area (Å²) in [5.74, 6) is 0. The molecule has 0 aromatic carbocycles. The van der Waals surface area contributed by atoms with Crippen molar-refractivity contribution in [3.63, 3.8) is 0 Å². The zero-order chi connectivity index (χ0) is 8.69. The first-order chi connectivity index (χ1) is 5.20. The Morgan fingerprint density at radius 3 is 2.82 bits per heavy atom. The second-order valence-electron chi connectivity index (χ2n) is 2.08. The molecule has 0 aliphatic heterocycles. The lowest BCUT2D eigenvalue weighted by Gasteiger charge is -1.97. The topological polar surface area (TPSA) is 35.5 Å². The van der Waals surface area contributed by atoms with E-state index in [2.05, 4.69) is 6.58 Å². The molecular weight excluding hydrogens is 163 g/mol. The Morgan fingerprint density at radius 1 is 1.73 bits per heavy atom. The molecule has 0 fully saturated rings. The molecule has 0 amide bonds. The van der Waals surface area contributed by atoms with Crippen LogP contribution in [0.5, 0.6) is 0 Å². The molecule has 0 N–H and O–H groups in total. The molecule has 0 aromatic rings. The van der Waals surface area contributed by atoms with Gasteiger partial charge in [0.2, 0.25) is 0 Å². The second kappa shape index (κ2) is 6.47. The molecule has 3 nitrogen and oxygen atoms in total. The first-order valence-electron chi connectivity index (χ1n) is 3.58. The lowest BCUT2D eigenvalue weighted by Crippen LogP contribution is -2.01. The van der Waals surface area contributed by atoms with Gasteiger partial charge < -0.3 is 0 Å². The molecule has 11 heavy (non-hydrogen) atoms. The molecule has 2 atom stereocenters. The van der Waals surface area contributed by atoms with E-state index < -0.39 is 8.25 Å². The summed E-state index contributed by atoms with van der Waals surface area (Å²) < 4.78 is 20.5. The minimum Gasteiger partial charge on any atom is -0.119 e. The molecule has 0 saturated carbocycles. The number of rotatable bonds is 6. The van der Waals surface area contributed by atoms with Crippen molar-refractivity contribution in [3.05, 3.63) is 12.7 Å². The third kappa shape index (κ3) is 6.17. The quantitative estimate of drug-likeness (QED) is 0.462. The molecule has 0 saturated heterocycles. The van der Waals surface area contributed by atoms with Crippen LogP contribution in [-0.4, -0.2) is 12.7 Å². The monoisotopic (exact) mass is 177 g/mol. The van der Waals surface area contributed by atoms with Crippen molar-refractivity contribution < 1.29 is 13.6 Å². The van der Waals surface area contributed by atoms with Crippen LogP contribution in [0.3, 0.4) is 0 Å². The third-order valence-electron chi connectivity index (χ3n) is 0.999. The van der Waals surface area contributed by atoms with Crippen LogP contribution in [0.4, 0.5) is 0 Å². The summed E-state index contributed by atoms with van der Waals surface area (Å²) >= 11 is 0. The average molecular weight is 177 g/mol. The summed E-state index contributed by atoms with van der Waals surface area (Å²) in [7, 11) is -1.93. The maximum absolute atomic E-state index is 10.8. The van der Waals surface area contributed by atoms with Crippen molar-refractivity contribution >= 4 is 8.25 Å². The van der Waals surface area contributed by atoms with Crippen LogP contribution < -0.4 is 0 Å². The molecule has 2 unspecified atom stereocenters. The molecule has 0 aliphatic rings. The van der Waals surface area contributed by atoms with Gasteiger partial charge in [0.25, 0.3) is 0 Å². The predicted molar refractivity (Wildman–Crippen MR) is 44.6 cm³/mol. The van der Waals surface area contributed by atoms with E-state index in [0.717, 1.165) is 0 Å². The van der Waals surface area contributed by atoms with Crippen LogP contribution in [-0.2, 0) is 13.6 Å². The zero-order valence-corrected chi connectivity index (χ0v) is 7.84. The standard InChI is InChI=1S/C7H14O3P/c1-4-6-7(3)10-11(8)9-5-2/h4,7H,1,5-6H2,2-3H3/q+1. The van der Waals surface area contributed by atoms with Gasteiger partial charge in [-0.25, -0.2) is 0 Å². The van der Waals surface area contributed by atoms with Gasteiger partial charge in [-0.3, -0.25) is 0 Å². The molecule has 0 spiro atoms. The van der Waals surface area contributed by atoms with Crippen LogP contribution >= 0.6 is 8.25 Å². The van der Waals surface area contributed by atoms with Gasteiger partial charge in [0.15, 0.2) is 0 Å². The van der Waals surface area contributed by atoms with Crippen molar-refractivity contribution in [1.82, 2.24) is 0 Å². The summed E-state index contributed by atoms with van der Waals surface area (Å²) in [5, 5.41) is 0. The fourth-order valence-corrected chi connectivity index (χ4v) is 1.21. The molecule has 0 rings (SSSR count). The molecule has 0 aliphatic carbocycles. The van der Waals surface area contributed by atoms with E-state index >= 15 is 0 Å². The Kier molecular flexibility index (Phi) is 6.33. The average Bonchev–Trinajstić information content (AvgIpc) is 1.87. The summed E-state index contributed by atoms with van der Waals surface area (Å²) in [4.78, 5) is 0.